The first-order chi connectivity index (χ1) is 13.9. The molecule has 0 radical (unpaired) electrons. The van der Waals surface area contributed by atoms with E-state index in [2.05, 4.69) is 16.7 Å². The Hall–Kier alpha value is -3.26. The Kier molecular flexibility index (Phi) is 6.23. The highest BCUT2D eigenvalue weighted by Crippen LogP contribution is 2.24. The third kappa shape index (κ3) is 4.78. The van der Waals surface area contributed by atoms with Crippen molar-refractivity contribution in [2.24, 2.45) is 0 Å². The maximum absolute atomic E-state index is 12.6. The normalized spacial score (nSPS) is 10.7. The molecule has 0 N–H and O–H groups in total. The first-order valence-corrected chi connectivity index (χ1v) is 9.83. The molecule has 0 aliphatic rings. The molecule has 0 unspecified atom stereocenters. The lowest BCUT2D eigenvalue weighted by Crippen LogP contribution is -2.14. The topological polar surface area (TPSA) is 91.4 Å². The van der Waals surface area contributed by atoms with Crippen LogP contribution in [0.3, 0.4) is 0 Å². The van der Waals surface area contributed by atoms with Crippen molar-refractivity contribution >= 4 is 28.1 Å². The van der Waals surface area contributed by atoms with Crippen LogP contribution in [0.15, 0.2) is 48.5 Å². The molecule has 0 atom stereocenters. The Morgan fingerprint density at radius 3 is 2.52 bits per heavy atom. The zero-order chi connectivity index (χ0) is 21.0. The minimum Gasteiger partial charge on any atom is -0.453 e. The minimum atomic E-state index is -0.741. The molecule has 150 valence electrons. The number of esters is 1. The molecule has 0 bridgehead atoms. The molecule has 2 heterocycles. The quantitative estimate of drug-likeness (QED) is 0.237. The number of carbonyl (C=O) groups excluding carboxylic acids is 2. The van der Waals surface area contributed by atoms with Gasteiger partial charge in [0.1, 0.15) is 4.88 Å². The van der Waals surface area contributed by atoms with Gasteiger partial charge in [0.25, 0.3) is 0 Å². The molecule has 7 nitrogen and oxygen atoms in total. The average Bonchev–Trinajstić information content (AvgIpc) is 3.31. The smallest absolute Gasteiger partial charge is 0.349 e. The van der Waals surface area contributed by atoms with Crippen molar-refractivity contribution in [2.75, 3.05) is 6.61 Å². The number of aromatic nitrogens is 1. The standard InChI is InChI=1S/C21H20N2O5S/c1-14-12-17(15(2)22(14)11-10-16-6-4-3-5-7-16)18(24)13-28-21(25)19-8-9-20(29-19)23(26)27/h3-9,12H,10-11,13H2,1-2H3. The molecule has 0 spiro atoms. The molecular weight excluding hydrogens is 392 g/mol. The minimum absolute atomic E-state index is 0.0952. The number of hydrogen-bond acceptors (Lipinski definition) is 6. The van der Waals surface area contributed by atoms with Crippen molar-refractivity contribution in [3.05, 3.63) is 86.0 Å². The van der Waals surface area contributed by atoms with Crippen LogP contribution in [0.25, 0.3) is 0 Å². The van der Waals surface area contributed by atoms with Crippen LogP contribution < -0.4 is 0 Å². The first kappa shape index (κ1) is 20.5. The summed E-state index contributed by atoms with van der Waals surface area (Å²) in [6.45, 7) is 4.14. The second-order valence-corrected chi connectivity index (χ2v) is 7.63. The molecule has 0 aliphatic carbocycles. The van der Waals surface area contributed by atoms with Crippen LogP contribution in [0.5, 0.6) is 0 Å². The van der Waals surface area contributed by atoms with Crippen molar-refractivity contribution in [3.8, 4) is 0 Å². The summed E-state index contributed by atoms with van der Waals surface area (Å²) in [5.74, 6) is -1.04. The molecule has 1 aromatic carbocycles. The average molecular weight is 412 g/mol. The zero-order valence-corrected chi connectivity index (χ0v) is 16.9. The number of benzene rings is 1. The molecular formula is C21H20N2O5S. The molecule has 2 aromatic heterocycles. The molecule has 29 heavy (non-hydrogen) atoms. The fourth-order valence-corrected chi connectivity index (χ4v) is 3.84. The van der Waals surface area contributed by atoms with Crippen molar-refractivity contribution in [1.82, 2.24) is 4.57 Å². The number of nitrogens with zero attached hydrogens (tertiary/aromatic N) is 2. The van der Waals surface area contributed by atoms with Crippen molar-refractivity contribution in [1.29, 1.82) is 0 Å². The lowest BCUT2D eigenvalue weighted by atomic mass is 10.1. The van der Waals surface area contributed by atoms with Crippen LogP contribution in [0.4, 0.5) is 5.00 Å². The second kappa shape index (κ2) is 8.83. The number of nitro groups is 1. The predicted molar refractivity (Wildman–Crippen MR) is 110 cm³/mol. The molecule has 0 fully saturated rings. The third-order valence-electron chi connectivity index (χ3n) is 4.65. The lowest BCUT2D eigenvalue weighted by Gasteiger charge is -2.10. The maximum Gasteiger partial charge on any atom is 0.349 e. The largest absolute Gasteiger partial charge is 0.453 e. The molecule has 3 aromatic rings. The van der Waals surface area contributed by atoms with Gasteiger partial charge in [0.05, 0.1) is 4.92 Å². The number of Topliss-reactive ketones (excluding diaryl/α,β-unsaturated/α-hetero) is 1. The van der Waals surface area contributed by atoms with Gasteiger partial charge in [0.15, 0.2) is 6.61 Å². The van der Waals surface area contributed by atoms with Gasteiger partial charge in [0, 0.05) is 29.6 Å². The number of thiophene rings is 1. The highest BCUT2D eigenvalue weighted by Gasteiger charge is 2.20. The Bertz CT molecular complexity index is 1050. The summed E-state index contributed by atoms with van der Waals surface area (Å²) in [4.78, 5) is 34.8. The van der Waals surface area contributed by atoms with Crippen LogP contribution in [0, 0.1) is 24.0 Å². The Balaban J connectivity index is 1.63. The molecule has 8 heteroatoms. The first-order valence-electron chi connectivity index (χ1n) is 9.02. The summed E-state index contributed by atoms with van der Waals surface area (Å²) in [5, 5.41) is 10.6. The zero-order valence-electron chi connectivity index (χ0n) is 16.1. The van der Waals surface area contributed by atoms with E-state index in [1.165, 1.54) is 17.7 Å². The van der Waals surface area contributed by atoms with Gasteiger partial charge in [0.2, 0.25) is 5.78 Å². The van der Waals surface area contributed by atoms with E-state index in [-0.39, 0.29) is 15.7 Å². The Morgan fingerprint density at radius 2 is 1.86 bits per heavy atom. The molecule has 0 saturated heterocycles. The van der Waals surface area contributed by atoms with E-state index in [1.807, 2.05) is 32.0 Å². The third-order valence-corrected chi connectivity index (χ3v) is 5.67. The number of rotatable bonds is 8. The van der Waals surface area contributed by atoms with E-state index in [4.69, 9.17) is 4.74 Å². The maximum atomic E-state index is 12.6. The highest BCUT2D eigenvalue weighted by atomic mass is 32.1. The number of hydrogen-bond donors (Lipinski definition) is 0. The van der Waals surface area contributed by atoms with E-state index in [0.717, 1.165) is 35.7 Å². The van der Waals surface area contributed by atoms with Crippen LogP contribution in [-0.4, -0.2) is 27.8 Å². The summed E-state index contributed by atoms with van der Waals surface area (Å²) in [6.07, 6.45) is 0.844. The van der Waals surface area contributed by atoms with Crippen molar-refractivity contribution < 1.29 is 19.2 Å². The van der Waals surface area contributed by atoms with Gasteiger partial charge in [-0.15, -0.1) is 0 Å². The highest BCUT2D eigenvalue weighted by molar-refractivity contribution is 7.17. The molecule has 0 amide bonds. The molecule has 0 saturated carbocycles. The van der Waals surface area contributed by atoms with E-state index in [1.54, 1.807) is 6.07 Å². The summed E-state index contributed by atoms with van der Waals surface area (Å²) in [5.41, 5.74) is 3.51. The van der Waals surface area contributed by atoms with E-state index in [0.29, 0.717) is 5.56 Å². The summed E-state index contributed by atoms with van der Waals surface area (Å²) in [7, 11) is 0. The van der Waals surface area contributed by atoms with Gasteiger partial charge in [-0.25, -0.2) is 4.79 Å². The van der Waals surface area contributed by atoms with E-state index in [9.17, 15) is 19.7 Å². The monoisotopic (exact) mass is 412 g/mol. The van der Waals surface area contributed by atoms with Crippen LogP contribution in [-0.2, 0) is 17.7 Å². The summed E-state index contributed by atoms with van der Waals surface area (Å²) in [6, 6.07) is 14.5. The van der Waals surface area contributed by atoms with Gasteiger partial charge >= 0.3 is 11.0 Å². The van der Waals surface area contributed by atoms with Crippen LogP contribution >= 0.6 is 11.3 Å². The fraction of sp³-hybridized carbons (Fsp3) is 0.238. The van der Waals surface area contributed by atoms with Crippen molar-refractivity contribution in [3.63, 3.8) is 0 Å². The molecule has 3 rings (SSSR count). The van der Waals surface area contributed by atoms with E-state index >= 15 is 0 Å². The fourth-order valence-electron chi connectivity index (χ4n) is 3.13. The van der Waals surface area contributed by atoms with Gasteiger partial charge in [-0.3, -0.25) is 14.9 Å². The Morgan fingerprint density at radius 1 is 1.14 bits per heavy atom. The van der Waals surface area contributed by atoms with Crippen LogP contribution in [0.1, 0.15) is 37.0 Å². The van der Waals surface area contributed by atoms with Crippen molar-refractivity contribution in [2.45, 2.75) is 26.8 Å². The Labute approximate surface area is 171 Å². The van der Waals surface area contributed by atoms with Gasteiger partial charge in [-0.2, -0.15) is 0 Å². The predicted octanol–water partition coefficient (Wildman–Crippen LogP) is 4.36. The van der Waals surface area contributed by atoms with Gasteiger partial charge < -0.3 is 9.30 Å². The second-order valence-electron chi connectivity index (χ2n) is 6.57. The summed E-state index contributed by atoms with van der Waals surface area (Å²) < 4.78 is 7.13. The lowest BCUT2D eigenvalue weighted by molar-refractivity contribution is -0.380. The number of ketones is 1. The number of aryl methyl sites for hydroxylation is 2. The SMILES string of the molecule is Cc1cc(C(=O)COC(=O)c2ccc([N+](=O)[O-])s2)c(C)n1CCc1ccccc1. The number of ether oxygens (including phenoxy) is 1. The van der Waals surface area contributed by atoms with Crippen LogP contribution in [0.2, 0.25) is 0 Å². The van der Waals surface area contributed by atoms with Gasteiger partial charge in [-0.1, -0.05) is 41.7 Å². The summed E-state index contributed by atoms with van der Waals surface area (Å²) >= 11 is 0.722. The van der Waals surface area contributed by atoms with E-state index < -0.39 is 17.5 Å². The van der Waals surface area contributed by atoms with Gasteiger partial charge in [-0.05, 0) is 38.0 Å². The molecule has 0 aliphatic heterocycles. The number of carbonyl (C=O) groups is 2.